The van der Waals surface area contributed by atoms with Crippen molar-refractivity contribution in [1.29, 1.82) is 0 Å². The van der Waals surface area contributed by atoms with Crippen molar-refractivity contribution >= 4 is 18.4 Å². The summed E-state index contributed by atoms with van der Waals surface area (Å²) in [5, 5.41) is 0. The van der Waals surface area contributed by atoms with Gasteiger partial charge in [-0.1, -0.05) is 53.7 Å². The second kappa shape index (κ2) is 9.28. The number of ketones is 1. The van der Waals surface area contributed by atoms with Crippen LogP contribution in [-0.4, -0.2) is 24.2 Å². The molecule has 0 aromatic rings. The van der Waals surface area contributed by atoms with E-state index in [1.807, 2.05) is 0 Å². The van der Waals surface area contributed by atoms with Crippen LogP contribution in [0.5, 0.6) is 0 Å². The first-order valence-corrected chi connectivity index (χ1v) is 11.2. The standard InChI is InChI=1S/C23H40O2S/c1-15(2)21(20-12-16(3)9-11-25-20)18(14-26)13-19(24)22-17(4)8-7-10-23(22,5)6/h7-8,15-18,20-22,26H,9-14H2,1-6H3. The molecule has 1 fully saturated rings. The van der Waals surface area contributed by atoms with Gasteiger partial charge in [0.1, 0.15) is 5.78 Å². The summed E-state index contributed by atoms with van der Waals surface area (Å²) < 4.78 is 6.19. The Balaban J connectivity index is 2.14. The Bertz CT molecular complexity index is 496. The molecule has 26 heavy (non-hydrogen) atoms. The lowest BCUT2D eigenvalue weighted by atomic mass is 9.63. The van der Waals surface area contributed by atoms with E-state index >= 15 is 0 Å². The summed E-state index contributed by atoms with van der Waals surface area (Å²) in [5.74, 6) is 3.58. The molecule has 150 valence electrons. The largest absolute Gasteiger partial charge is 0.378 e. The van der Waals surface area contributed by atoms with Crippen molar-refractivity contribution in [2.45, 2.75) is 73.3 Å². The van der Waals surface area contributed by atoms with E-state index < -0.39 is 0 Å². The SMILES string of the molecule is CC1CCOC(C(C(C)C)C(CS)CC(=O)C2C(C)C=CCC2(C)C)C1. The summed E-state index contributed by atoms with van der Waals surface area (Å²) in [4.78, 5) is 13.4. The first kappa shape index (κ1) is 22.0. The smallest absolute Gasteiger partial charge is 0.137 e. The van der Waals surface area contributed by atoms with Crippen molar-refractivity contribution in [3.05, 3.63) is 12.2 Å². The minimum Gasteiger partial charge on any atom is -0.378 e. The summed E-state index contributed by atoms with van der Waals surface area (Å²) >= 11 is 4.67. The van der Waals surface area contributed by atoms with Gasteiger partial charge in [-0.25, -0.2) is 0 Å². The third-order valence-electron chi connectivity index (χ3n) is 6.82. The molecule has 3 heteroatoms. The Morgan fingerprint density at radius 3 is 2.54 bits per heavy atom. The molecule has 0 N–H and O–H groups in total. The van der Waals surface area contributed by atoms with Crippen molar-refractivity contribution in [1.82, 2.24) is 0 Å². The number of Topliss-reactive ketones (excluding diaryl/α,β-unsaturated/α-hetero) is 1. The lowest BCUT2D eigenvalue weighted by Gasteiger charge is -2.42. The average Bonchev–Trinajstić information content (AvgIpc) is 2.52. The van der Waals surface area contributed by atoms with Gasteiger partial charge in [-0.2, -0.15) is 12.6 Å². The summed E-state index contributed by atoms with van der Waals surface area (Å²) in [6.07, 6.45) is 8.68. The molecular formula is C23H40O2S. The molecule has 0 bridgehead atoms. The minimum atomic E-state index is 0.0512. The molecule has 2 rings (SSSR count). The fourth-order valence-corrected chi connectivity index (χ4v) is 5.89. The van der Waals surface area contributed by atoms with Gasteiger partial charge in [0.25, 0.3) is 0 Å². The molecule has 0 aromatic carbocycles. The molecule has 6 atom stereocenters. The molecule has 0 saturated carbocycles. The maximum absolute atomic E-state index is 13.4. The predicted molar refractivity (Wildman–Crippen MR) is 114 cm³/mol. The number of carbonyl (C=O) groups excluding carboxylic acids is 1. The fraction of sp³-hybridized carbons (Fsp3) is 0.870. The number of allylic oxidation sites excluding steroid dienone is 2. The monoisotopic (exact) mass is 380 g/mol. The van der Waals surface area contributed by atoms with Crippen LogP contribution in [0.15, 0.2) is 12.2 Å². The number of thiol groups is 1. The zero-order valence-corrected chi connectivity index (χ0v) is 18.6. The molecule has 0 radical (unpaired) electrons. The maximum atomic E-state index is 13.4. The highest BCUT2D eigenvalue weighted by atomic mass is 32.1. The summed E-state index contributed by atoms with van der Waals surface area (Å²) in [6.45, 7) is 14.4. The van der Waals surface area contributed by atoms with E-state index in [1.54, 1.807) is 0 Å². The molecule has 6 unspecified atom stereocenters. The molecule has 2 aliphatic rings. The first-order chi connectivity index (χ1) is 12.2. The average molecular weight is 381 g/mol. The lowest BCUT2D eigenvalue weighted by Crippen LogP contribution is -2.42. The number of ether oxygens (including phenoxy) is 1. The van der Waals surface area contributed by atoms with Gasteiger partial charge in [-0.3, -0.25) is 4.79 Å². The normalized spacial score (nSPS) is 33.8. The van der Waals surface area contributed by atoms with E-state index in [4.69, 9.17) is 4.74 Å². The fourth-order valence-electron chi connectivity index (χ4n) is 5.52. The number of carbonyl (C=O) groups is 1. The van der Waals surface area contributed by atoms with Crippen molar-refractivity contribution in [2.24, 2.45) is 40.9 Å². The van der Waals surface area contributed by atoms with Crippen LogP contribution < -0.4 is 0 Å². The van der Waals surface area contributed by atoms with Crippen molar-refractivity contribution < 1.29 is 9.53 Å². The molecule has 1 aliphatic carbocycles. The van der Waals surface area contributed by atoms with Crippen LogP contribution in [0.4, 0.5) is 0 Å². The number of hydrogen-bond donors (Lipinski definition) is 1. The van der Waals surface area contributed by atoms with Gasteiger partial charge in [-0.05, 0) is 60.0 Å². The van der Waals surface area contributed by atoms with Crippen LogP contribution in [0.25, 0.3) is 0 Å². The molecule has 2 nitrogen and oxygen atoms in total. The Kier molecular flexibility index (Phi) is 7.85. The van der Waals surface area contributed by atoms with Crippen molar-refractivity contribution in [2.75, 3.05) is 12.4 Å². The summed E-state index contributed by atoms with van der Waals surface area (Å²) in [5.41, 5.74) is 0.0512. The predicted octanol–water partition coefficient (Wildman–Crippen LogP) is 5.82. The van der Waals surface area contributed by atoms with Gasteiger partial charge >= 0.3 is 0 Å². The van der Waals surface area contributed by atoms with Crippen molar-refractivity contribution in [3.63, 3.8) is 0 Å². The topological polar surface area (TPSA) is 26.3 Å². The highest BCUT2D eigenvalue weighted by Crippen LogP contribution is 2.43. The Labute approximate surface area is 166 Å². The highest BCUT2D eigenvalue weighted by molar-refractivity contribution is 7.80. The van der Waals surface area contributed by atoms with Crippen molar-refractivity contribution in [3.8, 4) is 0 Å². The van der Waals surface area contributed by atoms with Crippen LogP contribution >= 0.6 is 12.6 Å². The molecule has 1 saturated heterocycles. The van der Waals surface area contributed by atoms with Gasteiger partial charge in [0, 0.05) is 18.9 Å². The van der Waals surface area contributed by atoms with Gasteiger partial charge in [0.2, 0.25) is 0 Å². The molecule has 0 spiro atoms. The lowest BCUT2D eigenvalue weighted by molar-refractivity contribution is -0.130. The molecule has 0 aromatic heterocycles. The summed E-state index contributed by atoms with van der Waals surface area (Å²) in [6, 6.07) is 0. The molecule has 1 heterocycles. The summed E-state index contributed by atoms with van der Waals surface area (Å²) in [7, 11) is 0. The Morgan fingerprint density at radius 2 is 2.00 bits per heavy atom. The van der Waals surface area contributed by atoms with Crippen LogP contribution in [0, 0.1) is 40.9 Å². The van der Waals surface area contributed by atoms with E-state index in [-0.39, 0.29) is 17.4 Å². The first-order valence-electron chi connectivity index (χ1n) is 10.6. The molecule has 1 aliphatic heterocycles. The van der Waals surface area contributed by atoms with E-state index in [2.05, 4.69) is 66.3 Å². The van der Waals surface area contributed by atoms with Gasteiger partial charge in [0.15, 0.2) is 0 Å². The van der Waals surface area contributed by atoms with Crippen LogP contribution in [-0.2, 0) is 9.53 Å². The van der Waals surface area contributed by atoms with Gasteiger partial charge in [0.05, 0.1) is 6.10 Å². The van der Waals surface area contributed by atoms with E-state index in [1.165, 1.54) is 0 Å². The third kappa shape index (κ3) is 5.16. The quantitative estimate of drug-likeness (QED) is 0.445. The minimum absolute atomic E-state index is 0.0512. The zero-order valence-electron chi connectivity index (χ0n) is 17.7. The van der Waals surface area contributed by atoms with Gasteiger partial charge < -0.3 is 4.74 Å². The second-order valence-corrected chi connectivity index (χ2v) is 10.3. The number of rotatable bonds is 7. The Morgan fingerprint density at radius 1 is 1.31 bits per heavy atom. The van der Waals surface area contributed by atoms with Crippen LogP contribution in [0.3, 0.4) is 0 Å². The zero-order chi connectivity index (χ0) is 19.5. The van der Waals surface area contributed by atoms with Crippen LogP contribution in [0.1, 0.15) is 67.2 Å². The van der Waals surface area contributed by atoms with E-state index in [0.29, 0.717) is 41.8 Å². The Hall–Kier alpha value is -0.280. The van der Waals surface area contributed by atoms with Crippen LogP contribution in [0.2, 0.25) is 0 Å². The second-order valence-electron chi connectivity index (χ2n) is 9.93. The highest BCUT2D eigenvalue weighted by Gasteiger charge is 2.42. The van der Waals surface area contributed by atoms with E-state index in [9.17, 15) is 4.79 Å². The number of hydrogen-bond acceptors (Lipinski definition) is 3. The maximum Gasteiger partial charge on any atom is 0.137 e. The molecule has 0 amide bonds. The third-order valence-corrected chi connectivity index (χ3v) is 7.29. The van der Waals surface area contributed by atoms with Gasteiger partial charge in [-0.15, -0.1) is 0 Å². The van der Waals surface area contributed by atoms with E-state index in [0.717, 1.165) is 31.6 Å². The molecular weight excluding hydrogens is 340 g/mol.